The van der Waals surface area contributed by atoms with Crippen LogP contribution < -0.4 is 15.0 Å². The Labute approximate surface area is 245 Å². The van der Waals surface area contributed by atoms with Gasteiger partial charge >= 0.3 is 6.03 Å². The second kappa shape index (κ2) is 12.2. The van der Waals surface area contributed by atoms with Gasteiger partial charge in [-0.3, -0.25) is 9.69 Å². The summed E-state index contributed by atoms with van der Waals surface area (Å²) < 4.78 is 21.8. The van der Waals surface area contributed by atoms with Crippen LogP contribution in [0.4, 0.5) is 20.6 Å². The zero-order valence-corrected chi connectivity index (χ0v) is 23.9. The van der Waals surface area contributed by atoms with Crippen molar-refractivity contribution in [3.05, 3.63) is 83.9 Å². The molecule has 1 N–H and O–H groups in total. The van der Waals surface area contributed by atoms with E-state index in [9.17, 15) is 9.59 Å². The molecule has 1 saturated heterocycles. The number of ether oxygens (including phenoxy) is 1. The quantitative estimate of drug-likeness (QED) is 0.280. The summed E-state index contributed by atoms with van der Waals surface area (Å²) in [5.41, 5.74) is 3.67. The van der Waals surface area contributed by atoms with E-state index in [0.29, 0.717) is 22.7 Å². The Hall–Kier alpha value is -5.02. The third-order valence-electron chi connectivity index (χ3n) is 6.38. The number of hydrogen-bond acceptors (Lipinski definition) is 7. The van der Waals surface area contributed by atoms with Crippen LogP contribution in [0.1, 0.15) is 30.9 Å². The summed E-state index contributed by atoms with van der Waals surface area (Å²) in [4.78, 5) is 35.4. The summed E-state index contributed by atoms with van der Waals surface area (Å²) in [5, 5.41) is 15.8. The van der Waals surface area contributed by atoms with Crippen molar-refractivity contribution in [3.63, 3.8) is 0 Å². The lowest BCUT2D eigenvalue weighted by Crippen LogP contribution is -2.31. The van der Waals surface area contributed by atoms with Gasteiger partial charge in [0.25, 0.3) is 0 Å². The Morgan fingerprint density at radius 2 is 1.98 bits per heavy atom. The van der Waals surface area contributed by atoms with Gasteiger partial charge in [0.2, 0.25) is 5.91 Å². The molecule has 1 aromatic heterocycles. The molecule has 1 aliphatic rings. The van der Waals surface area contributed by atoms with E-state index in [1.165, 1.54) is 28.0 Å². The van der Waals surface area contributed by atoms with E-state index in [1.54, 1.807) is 30.3 Å². The van der Waals surface area contributed by atoms with Crippen molar-refractivity contribution >= 4 is 40.2 Å². The molecule has 3 amide bonds. The molecule has 4 aromatic rings. The molecule has 1 fully saturated rings. The fourth-order valence-electron chi connectivity index (χ4n) is 4.33. The molecule has 3 aromatic carbocycles. The average molecular weight is 584 g/mol. The topological polar surface area (TPSA) is 126 Å². The highest BCUT2D eigenvalue weighted by Crippen LogP contribution is 2.34. The van der Waals surface area contributed by atoms with Crippen LogP contribution in [0.2, 0.25) is 0 Å². The lowest BCUT2D eigenvalue weighted by Gasteiger charge is -2.22. The van der Waals surface area contributed by atoms with Crippen LogP contribution in [0.15, 0.2) is 72.0 Å². The summed E-state index contributed by atoms with van der Waals surface area (Å²) in [6.07, 6.45) is 1.50. The smallest absolute Gasteiger partial charge is 0.347 e. The predicted octanol–water partition coefficient (Wildman–Crippen LogP) is 6.08. The number of aliphatic imine (C=N–C) groups is 1. The van der Waals surface area contributed by atoms with Crippen LogP contribution >= 0.6 is 11.8 Å². The number of rotatable bonds is 7. The van der Waals surface area contributed by atoms with E-state index in [1.807, 2.05) is 45.0 Å². The molecular formula is C30H26FN7O3S. The molecule has 0 atom stereocenters. The molecule has 1 aliphatic heterocycles. The van der Waals surface area contributed by atoms with Crippen molar-refractivity contribution in [2.45, 2.75) is 26.7 Å². The second-order valence-corrected chi connectivity index (χ2v) is 10.6. The Bertz CT molecular complexity index is 1730. The molecular weight excluding hydrogens is 557 g/mol. The van der Waals surface area contributed by atoms with Crippen molar-refractivity contribution in [2.75, 3.05) is 22.6 Å². The Kier molecular flexibility index (Phi) is 8.31. The minimum atomic E-state index is -0.799. The first-order valence-corrected chi connectivity index (χ1v) is 14.0. The van der Waals surface area contributed by atoms with Gasteiger partial charge in [-0.05, 0) is 72.5 Å². The molecule has 0 spiro atoms. The third-order valence-corrected chi connectivity index (χ3v) is 7.30. The van der Waals surface area contributed by atoms with Gasteiger partial charge in [-0.1, -0.05) is 37.7 Å². The number of nitriles is 1. The molecule has 0 bridgehead atoms. The normalized spacial score (nSPS) is 14.0. The molecule has 5 rings (SSSR count). The number of amidine groups is 1. The van der Waals surface area contributed by atoms with Gasteiger partial charge in [0.05, 0.1) is 22.8 Å². The predicted molar refractivity (Wildman–Crippen MR) is 160 cm³/mol. The average Bonchev–Trinajstić information content (AvgIpc) is 3.60. The maximum atomic E-state index is 15.0. The number of nitrogens with zero attached hydrogens (tertiary/aromatic N) is 6. The van der Waals surface area contributed by atoms with E-state index in [2.05, 4.69) is 20.4 Å². The van der Waals surface area contributed by atoms with Gasteiger partial charge in [0.1, 0.15) is 24.0 Å². The van der Waals surface area contributed by atoms with Crippen molar-refractivity contribution in [3.8, 4) is 28.9 Å². The number of thioether (sulfide) groups is 1. The van der Waals surface area contributed by atoms with Crippen molar-refractivity contribution in [1.82, 2.24) is 14.8 Å². The number of hydrogen-bond donors (Lipinski definition) is 1. The molecule has 0 radical (unpaired) electrons. The van der Waals surface area contributed by atoms with Crippen LogP contribution in [-0.4, -0.2) is 44.2 Å². The standard InChI is InChI=1S/C30H26FN7O3S/c1-18(2)23-10-4-19(3)14-26(23)38-27(39)16-42-30(38)35-29(40)34-25-11-5-20(15-24(25)31)28-33-17-37(36-28)21-6-8-22(9-7-21)41-13-12-32/h4-11,14-15,17-18H,13,16H2,1-3H3,(H,34,40). The number of urea groups is 1. The monoisotopic (exact) mass is 583 g/mol. The van der Waals surface area contributed by atoms with Gasteiger partial charge in [-0.25, -0.2) is 18.9 Å². The number of halogens is 1. The number of aromatic nitrogens is 3. The summed E-state index contributed by atoms with van der Waals surface area (Å²) in [5.74, 6) is 0.269. The number of aryl methyl sites for hydroxylation is 1. The van der Waals surface area contributed by atoms with Crippen molar-refractivity contribution in [1.29, 1.82) is 5.26 Å². The minimum absolute atomic E-state index is 0.0496. The maximum Gasteiger partial charge on any atom is 0.347 e. The largest absolute Gasteiger partial charge is 0.479 e. The second-order valence-electron chi connectivity index (χ2n) is 9.71. The lowest BCUT2D eigenvalue weighted by atomic mass is 9.99. The number of anilines is 2. The SMILES string of the molecule is Cc1ccc(C(C)C)c(N2C(=O)CSC2=NC(=O)Nc2ccc(-c3ncn(-c4ccc(OCC#N)cc4)n3)cc2F)c1. The molecule has 12 heteroatoms. The number of amides is 3. The molecule has 42 heavy (non-hydrogen) atoms. The Morgan fingerprint density at radius 1 is 1.19 bits per heavy atom. The number of carbonyl (C=O) groups excluding carboxylic acids is 2. The fourth-order valence-corrected chi connectivity index (χ4v) is 5.19. The summed E-state index contributed by atoms with van der Waals surface area (Å²) in [7, 11) is 0. The molecule has 0 saturated carbocycles. The summed E-state index contributed by atoms with van der Waals surface area (Å²) in [6.45, 7) is 5.95. The first kappa shape index (κ1) is 28.5. The van der Waals surface area contributed by atoms with E-state index < -0.39 is 11.8 Å². The highest BCUT2D eigenvalue weighted by molar-refractivity contribution is 8.15. The minimum Gasteiger partial charge on any atom is -0.479 e. The van der Waals surface area contributed by atoms with E-state index in [-0.39, 0.29) is 40.9 Å². The molecule has 212 valence electrons. The number of benzene rings is 3. The molecule has 10 nitrogen and oxygen atoms in total. The maximum absolute atomic E-state index is 15.0. The number of nitrogens with one attached hydrogen (secondary N) is 1. The van der Waals surface area contributed by atoms with Gasteiger partial charge in [-0.15, -0.1) is 5.10 Å². The zero-order valence-electron chi connectivity index (χ0n) is 23.0. The molecule has 0 unspecified atom stereocenters. The van der Waals surface area contributed by atoms with E-state index in [4.69, 9.17) is 10.00 Å². The molecule has 0 aliphatic carbocycles. The summed E-state index contributed by atoms with van der Waals surface area (Å²) in [6, 6.07) is 18.1. The fraction of sp³-hybridized carbons (Fsp3) is 0.200. The molecule has 2 heterocycles. The van der Waals surface area contributed by atoms with Crippen LogP contribution in [0.5, 0.6) is 5.75 Å². The first-order valence-electron chi connectivity index (χ1n) is 13.0. The third kappa shape index (κ3) is 6.16. The van der Waals surface area contributed by atoms with Gasteiger partial charge in [0, 0.05) is 5.56 Å². The van der Waals surface area contributed by atoms with Gasteiger partial charge < -0.3 is 10.1 Å². The van der Waals surface area contributed by atoms with Crippen LogP contribution in [0.25, 0.3) is 17.1 Å². The number of carbonyl (C=O) groups is 2. The van der Waals surface area contributed by atoms with Crippen molar-refractivity contribution in [2.24, 2.45) is 4.99 Å². The van der Waals surface area contributed by atoms with Crippen LogP contribution in [0, 0.1) is 24.1 Å². The first-order chi connectivity index (χ1) is 20.2. The van der Waals surface area contributed by atoms with Crippen molar-refractivity contribution < 1.29 is 18.7 Å². The van der Waals surface area contributed by atoms with Gasteiger partial charge in [-0.2, -0.15) is 10.3 Å². The zero-order chi connectivity index (χ0) is 29.8. The van der Waals surface area contributed by atoms with E-state index >= 15 is 4.39 Å². The highest BCUT2D eigenvalue weighted by atomic mass is 32.2. The Morgan fingerprint density at radius 3 is 2.69 bits per heavy atom. The van der Waals surface area contributed by atoms with Crippen LogP contribution in [0.3, 0.4) is 0 Å². The summed E-state index contributed by atoms with van der Waals surface area (Å²) >= 11 is 1.16. The lowest BCUT2D eigenvalue weighted by molar-refractivity contribution is -0.115. The van der Waals surface area contributed by atoms with Crippen LogP contribution in [-0.2, 0) is 4.79 Å². The van der Waals surface area contributed by atoms with Gasteiger partial charge in [0.15, 0.2) is 17.6 Å². The Balaban J connectivity index is 1.31. The highest BCUT2D eigenvalue weighted by Gasteiger charge is 2.32. The van der Waals surface area contributed by atoms with E-state index in [0.717, 1.165) is 22.9 Å².